The summed E-state index contributed by atoms with van der Waals surface area (Å²) in [4.78, 5) is 17.7. The molecule has 0 N–H and O–H groups in total. The number of piperazine rings is 1. The van der Waals surface area contributed by atoms with Crippen LogP contribution in [0.25, 0.3) is 0 Å². The molecule has 2 aromatic carbocycles. The lowest BCUT2D eigenvalue weighted by molar-refractivity contribution is 0.0631. The molecule has 0 aliphatic carbocycles. The van der Waals surface area contributed by atoms with E-state index < -0.39 is 0 Å². The number of aryl methyl sites for hydroxylation is 2. The van der Waals surface area contributed by atoms with Crippen LogP contribution >= 0.6 is 22.9 Å². The van der Waals surface area contributed by atoms with Crippen LogP contribution < -0.4 is 4.74 Å². The van der Waals surface area contributed by atoms with Crippen LogP contribution in [-0.4, -0.2) is 41.9 Å². The van der Waals surface area contributed by atoms with Gasteiger partial charge in [-0.15, -0.1) is 11.3 Å². The zero-order valence-electron chi connectivity index (χ0n) is 18.2. The molecular weight excluding hydrogens is 447 g/mol. The van der Waals surface area contributed by atoms with Gasteiger partial charge in [-0.1, -0.05) is 35.4 Å². The Labute approximate surface area is 197 Å². The molecule has 0 spiro atoms. The maximum Gasteiger partial charge on any atom is 0.264 e. The fourth-order valence-corrected chi connectivity index (χ4v) is 4.94. The molecule has 3 aromatic rings. The first-order valence-electron chi connectivity index (χ1n) is 10.6. The number of carbonyl (C=O) groups is 1. The smallest absolute Gasteiger partial charge is 0.264 e. The lowest BCUT2D eigenvalue weighted by Gasteiger charge is -2.34. The van der Waals surface area contributed by atoms with Gasteiger partial charge in [0.25, 0.3) is 5.91 Å². The molecule has 1 fully saturated rings. The number of hydrogen-bond donors (Lipinski definition) is 0. The number of hydrogen-bond acceptors (Lipinski definition) is 4. The second-order valence-electron chi connectivity index (χ2n) is 8.15. The SMILES string of the molecule is Cc1ccc(OCc2csc(C(=O)N3CCN(Cc4c(F)cccc4Cl)CC3)c2)c(C)c1. The molecule has 1 aromatic heterocycles. The van der Waals surface area contributed by atoms with Gasteiger partial charge in [-0.2, -0.15) is 0 Å². The summed E-state index contributed by atoms with van der Waals surface area (Å²) in [6.07, 6.45) is 0. The molecule has 1 amide bonds. The second kappa shape index (κ2) is 10.0. The largest absolute Gasteiger partial charge is 0.489 e. The van der Waals surface area contributed by atoms with E-state index in [1.165, 1.54) is 23.0 Å². The Morgan fingerprint density at radius 1 is 1.12 bits per heavy atom. The highest BCUT2D eigenvalue weighted by Gasteiger charge is 2.24. The lowest BCUT2D eigenvalue weighted by atomic mass is 10.1. The maximum absolute atomic E-state index is 14.1. The number of nitrogens with zero attached hydrogens (tertiary/aromatic N) is 2. The van der Waals surface area contributed by atoms with Gasteiger partial charge >= 0.3 is 0 Å². The molecule has 0 radical (unpaired) electrons. The molecule has 7 heteroatoms. The van der Waals surface area contributed by atoms with Crippen LogP contribution in [0.4, 0.5) is 4.39 Å². The van der Waals surface area contributed by atoms with Gasteiger partial charge in [0, 0.05) is 48.9 Å². The average Bonchev–Trinajstić information content (AvgIpc) is 3.25. The minimum absolute atomic E-state index is 0.0383. The summed E-state index contributed by atoms with van der Waals surface area (Å²) in [5.41, 5.74) is 3.81. The van der Waals surface area contributed by atoms with E-state index in [9.17, 15) is 9.18 Å². The molecule has 32 heavy (non-hydrogen) atoms. The number of ether oxygens (including phenoxy) is 1. The minimum Gasteiger partial charge on any atom is -0.489 e. The van der Waals surface area contributed by atoms with Crippen molar-refractivity contribution in [1.29, 1.82) is 0 Å². The Morgan fingerprint density at radius 3 is 2.62 bits per heavy atom. The standard InChI is InChI=1S/C25H26ClFN2O2S/c1-17-6-7-23(18(2)12-17)31-15-19-13-24(32-16-19)25(30)29-10-8-28(9-11-29)14-20-21(26)4-3-5-22(20)27/h3-7,12-13,16H,8-11,14-15H2,1-2H3. The summed E-state index contributed by atoms with van der Waals surface area (Å²) in [5.74, 6) is 0.613. The third kappa shape index (κ3) is 5.31. The number of carbonyl (C=O) groups excluding carboxylic acids is 1. The Morgan fingerprint density at radius 2 is 1.91 bits per heavy atom. The summed E-state index contributed by atoms with van der Waals surface area (Å²) in [5, 5.41) is 2.42. The first-order chi connectivity index (χ1) is 15.4. The number of amides is 1. The summed E-state index contributed by atoms with van der Waals surface area (Å²) in [6, 6.07) is 12.8. The van der Waals surface area contributed by atoms with Crippen LogP contribution in [0, 0.1) is 19.7 Å². The van der Waals surface area contributed by atoms with Gasteiger partial charge in [0.2, 0.25) is 0 Å². The van der Waals surface area contributed by atoms with Crippen LogP contribution in [0.3, 0.4) is 0 Å². The van der Waals surface area contributed by atoms with Crippen LogP contribution in [-0.2, 0) is 13.2 Å². The fourth-order valence-electron chi connectivity index (χ4n) is 3.86. The van der Waals surface area contributed by atoms with E-state index in [4.69, 9.17) is 16.3 Å². The molecule has 0 unspecified atom stereocenters. The number of benzene rings is 2. The van der Waals surface area contributed by atoms with Gasteiger partial charge in [-0.25, -0.2) is 4.39 Å². The predicted molar refractivity (Wildman–Crippen MR) is 127 cm³/mol. The summed E-state index contributed by atoms with van der Waals surface area (Å²) >= 11 is 7.60. The molecule has 0 atom stereocenters. The van der Waals surface area contributed by atoms with E-state index >= 15 is 0 Å². The van der Waals surface area contributed by atoms with Crippen LogP contribution in [0.5, 0.6) is 5.75 Å². The van der Waals surface area contributed by atoms with Crippen molar-refractivity contribution in [2.45, 2.75) is 27.0 Å². The van der Waals surface area contributed by atoms with Crippen molar-refractivity contribution in [2.75, 3.05) is 26.2 Å². The Kier molecular flexibility index (Phi) is 7.13. The topological polar surface area (TPSA) is 32.8 Å². The van der Waals surface area contributed by atoms with Gasteiger partial charge in [-0.3, -0.25) is 9.69 Å². The number of rotatable bonds is 6. The minimum atomic E-state index is -0.287. The van der Waals surface area contributed by atoms with Crippen molar-refractivity contribution in [2.24, 2.45) is 0 Å². The molecule has 4 nitrogen and oxygen atoms in total. The molecule has 168 valence electrons. The molecule has 0 saturated carbocycles. The molecular formula is C25H26ClFN2O2S. The van der Waals surface area contributed by atoms with E-state index in [0.717, 1.165) is 21.8 Å². The predicted octanol–water partition coefficient (Wildman–Crippen LogP) is 5.69. The van der Waals surface area contributed by atoms with Crippen molar-refractivity contribution in [3.05, 3.63) is 85.8 Å². The molecule has 1 aliphatic heterocycles. The van der Waals surface area contributed by atoms with Crippen molar-refractivity contribution in [3.63, 3.8) is 0 Å². The highest BCUT2D eigenvalue weighted by Crippen LogP contribution is 2.24. The quantitative estimate of drug-likeness (QED) is 0.461. The summed E-state index contributed by atoms with van der Waals surface area (Å²) in [6.45, 7) is 7.56. The van der Waals surface area contributed by atoms with E-state index in [2.05, 4.69) is 17.9 Å². The molecule has 4 rings (SSSR count). The first kappa shape index (κ1) is 22.8. The van der Waals surface area contributed by atoms with E-state index in [-0.39, 0.29) is 11.7 Å². The van der Waals surface area contributed by atoms with Gasteiger partial charge in [0.15, 0.2) is 0 Å². The lowest BCUT2D eigenvalue weighted by Crippen LogP contribution is -2.48. The van der Waals surface area contributed by atoms with Gasteiger partial charge in [-0.05, 0) is 49.1 Å². The molecule has 1 aliphatic rings. The number of thiophene rings is 1. The van der Waals surface area contributed by atoms with Gasteiger partial charge in [0.1, 0.15) is 18.2 Å². The van der Waals surface area contributed by atoms with Crippen molar-refractivity contribution < 1.29 is 13.9 Å². The maximum atomic E-state index is 14.1. The first-order valence-corrected chi connectivity index (χ1v) is 11.9. The van der Waals surface area contributed by atoms with Crippen molar-refractivity contribution >= 4 is 28.8 Å². The van der Waals surface area contributed by atoms with Crippen LogP contribution in [0.2, 0.25) is 5.02 Å². The second-order valence-corrected chi connectivity index (χ2v) is 9.46. The van der Waals surface area contributed by atoms with E-state index in [0.29, 0.717) is 49.9 Å². The third-order valence-corrected chi connectivity index (χ3v) is 7.01. The normalized spacial score (nSPS) is 14.6. The molecule has 2 heterocycles. The summed E-state index contributed by atoms with van der Waals surface area (Å²) < 4.78 is 20.0. The molecule has 0 bridgehead atoms. The van der Waals surface area contributed by atoms with Crippen molar-refractivity contribution in [1.82, 2.24) is 9.80 Å². The third-order valence-electron chi connectivity index (χ3n) is 5.69. The zero-order valence-corrected chi connectivity index (χ0v) is 19.8. The van der Waals surface area contributed by atoms with Crippen molar-refractivity contribution in [3.8, 4) is 5.75 Å². The monoisotopic (exact) mass is 472 g/mol. The average molecular weight is 473 g/mol. The molecule has 1 saturated heterocycles. The van der Waals surface area contributed by atoms with Gasteiger partial charge in [0.05, 0.1) is 4.88 Å². The summed E-state index contributed by atoms with van der Waals surface area (Å²) in [7, 11) is 0. The highest BCUT2D eigenvalue weighted by atomic mass is 35.5. The number of halogens is 2. The van der Waals surface area contributed by atoms with Gasteiger partial charge < -0.3 is 9.64 Å². The van der Waals surface area contributed by atoms with E-state index in [1.54, 1.807) is 12.1 Å². The highest BCUT2D eigenvalue weighted by molar-refractivity contribution is 7.12. The van der Waals surface area contributed by atoms with Crippen LogP contribution in [0.1, 0.15) is 31.9 Å². The Hall–Kier alpha value is -2.41. The Bertz CT molecular complexity index is 1090. The zero-order chi connectivity index (χ0) is 22.7. The fraction of sp³-hybridized carbons (Fsp3) is 0.320. The Balaban J connectivity index is 1.30. The van der Waals surface area contributed by atoms with Crippen LogP contribution in [0.15, 0.2) is 47.8 Å². The van der Waals surface area contributed by atoms with E-state index in [1.807, 2.05) is 35.4 Å².